The third kappa shape index (κ3) is 4.12. The van der Waals surface area contributed by atoms with E-state index in [1.165, 1.54) is 0 Å². The van der Waals surface area contributed by atoms with Gasteiger partial charge in [0.2, 0.25) is 0 Å². The molecule has 1 atom stereocenters. The van der Waals surface area contributed by atoms with Gasteiger partial charge in [-0.2, -0.15) is 0 Å². The Morgan fingerprint density at radius 2 is 2.05 bits per heavy atom. The highest BCUT2D eigenvalue weighted by Gasteiger charge is 2.26. The topological polar surface area (TPSA) is 32.3 Å². The van der Waals surface area contributed by atoms with Gasteiger partial charge in [0.05, 0.1) is 15.6 Å². The number of nitrogens with zero attached hydrogens (tertiary/aromatic N) is 1. The number of hydrogen-bond donors (Lipinski definition) is 1. The minimum atomic E-state index is -0.0776. The van der Waals surface area contributed by atoms with E-state index in [1.807, 2.05) is 18.7 Å². The fraction of sp³-hybridized carbons (Fsp3) is 0.562. The van der Waals surface area contributed by atoms with Crippen LogP contribution in [0.15, 0.2) is 18.2 Å². The summed E-state index contributed by atoms with van der Waals surface area (Å²) in [7, 11) is 0. The second kappa shape index (κ2) is 7.48. The van der Waals surface area contributed by atoms with Crippen molar-refractivity contribution in [3.8, 4) is 0 Å². The zero-order valence-corrected chi connectivity index (χ0v) is 14.0. The predicted molar refractivity (Wildman–Crippen MR) is 88.2 cm³/mol. The van der Waals surface area contributed by atoms with Crippen LogP contribution in [0.3, 0.4) is 0 Å². The number of rotatable bonds is 4. The molecule has 0 bridgehead atoms. The SMILES string of the molecule is CC(C)N(CC1CCCNC1)C(=O)c1c(Cl)cccc1Cl. The zero-order valence-electron chi connectivity index (χ0n) is 12.5. The summed E-state index contributed by atoms with van der Waals surface area (Å²) < 4.78 is 0. The third-order valence-corrected chi connectivity index (χ3v) is 4.54. The smallest absolute Gasteiger partial charge is 0.257 e. The van der Waals surface area contributed by atoms with Gasteiger partial charge in [-0.15, -0.1) is 0 Å². The van der Waals surface area contributed by atoms with Crippen LogP contribution in [0.5, 0.6) is 0 Å². The first kappa shape index (κ1) is 16.6. The van der Waals surface area contributed by atoms with Crippen LogP contribution < -0.4 is 5.32 Å². The van der Waals surface area contributed by atoms with Crippen molar-refractivity contribution in [3.63, 3.8) is 0 Å². The molecule has 1 aromatic carbocycles. The van der Waals surface area contributed by atoms with Gasteiger partial charge in [0.1, 0.15) is 0 Å². The third-order valence-electron chi connectivity index (χ3n) is 3.91. The van der Waals surface area contributed by atoms with Crippen LogP contribution in [-0.4, -0.2) is 36.5 Å². The Morgan fingerprint density at radius 3 is 2.57 bits per heavy atom. The van der Waals surface area contributed by atoms with E-state index in [0.717, 1.165) is 32.5 Å². The lowest BCUT2D eigenvalue weighted by Crippen LogP contribution is -2.44. The first-order valence-electron chi connectivity index (χ1n) is 7.46. The van der Waals surface area contributed by atoms with Crippen LogP contribution in [-0.2, 0) is 0 Å². The minimum absolute atomic E-state index is 0.0776. The van der Waals surface area contributed by atoms with Gasteiger partial charge in [-0.25, -0.2) is 0 Å². The van der Waals surface area contributed by atoms with Crippen LogP contribution in [0.4, 0.5) is 0 Å². The molecule has 1 amide bonds. The fourth-order valence-electron chi connectivity index (χ4n) is 2.73. The molecule has 3 nitrogen and oxygen atoms in total. The summed E-state index contributed by atoms with van der Waals surface area (Å²) >= 11 is 12.3. The lowest BCUT2D eigenvalue weighted by atomic mass is 9.98. The van der Waals surface area contributed by atoms with Crippen LogP contribution in [0.1, 0.15) is 37.0 Å². The van der Waals surface area contributed by atoms with Crippen molar-refractivity contribution < 1.29 is 4.79 Å². The highest BCUT2D eigenvalue weighted by molar-refractivity contribution is 6.39. The van der Waals surface area contributed by atoms with Crippen LogP contribution in [0.25, 0.3) is 0 Å². The number of nitrogens with one attached hydrogen (secondary N) is 1. The maximum absolute atomic E-state index is 12.8. The quantitative estimate of drug-likeness (QED) is 0.910. The molecule has 1 aliphatic heterocycles. The van der Waals surface area contributed by atoms with Gasteiger partial charge in [-0.3, -0.25) is 4.79 Å². The fourth-order valence-corrected chi connectivity index (χ4v) is 3.29. The first-order valence-corrected chi connectivity index (χ1v) is 8.22. The monoisotopic (exact) mass is 328 g/mol. The number of piperidine rings is 1. The van der Waals surface area contributed by atoms with E-state index in [-0.39, 0.29) is 11.9 Å². The molecule has 0 aliphatic carbocycles. The van der Waals surface area contributed by atoms with Crippen molar-refractivity contribution in [1.82, 2.24) is 10.2 Å². The van der Waals surface area contributed by atoms with Crippen molar-refractivity contribution in [3.05, 3.63) is 33.8 Å². The Kier molecular flexibility index (Phi) is 5.91. The summed E-state index contributed by atoms with van der Waals surface area (Å²) in [6.45, 7) is 6.83. The highest BCUT2D eigenvalue weighted by Crippen LogP contribution is 2.27. The number of amides is 1. The largest absolute Gasteiger partial charge is 0.336 e. The lowest BCUT2D eigenvalue weighted by Gasteiger charge is -2.33. The van der Waals surface area contributed by atoms with Crippen LogP contribution in [0, 0.1) is 5.92 Å². The van der Waals surface area contributed by atoms with Crippen LogP contribution >= 0.6 is 23.2 Å². The molecular weight excluding hydrogens is 307 g/mol. The molecule has 116 valence electrons. The second-order valence-electron chi connectivity index (χ2n) is 5.86. The Labute approximate surface area is 136 Å². The normalized spacial score (nSPS) is 18.8. The molecule has 1 aromatic rings. The molecule has 1 aliphatic rings. The zero-order chi connectivity index (χ0) is 15.4. The van der Waals surface area contributed by atoms with Gasteiger partial charge < -0.3 is 10.2 Å². The van der Waals surface area contributed by atoms with E-state index in [2.05, 4.69) is 5.32 Å². The summed E-state index contributed by atoms with van der Waals surface area (Å²) in [6, 6.07) is 5.29. The van der Waals surface area contributed by atoms with Gasteiger partial charge >= 0.3 is 0 Å². The van der Waals surface area contributed by atoms with E-state index >= 15 is 0 Å². The van der Waals surface area contributed by atoms with Gasteiger partial charge in [0, 0.05) is 12.6 Å². The van der Waals surface area contributed by atoms with Gasteiger partial charge in [0.15, 0.2) is 0 Å². The minimum Gasteiger partial charge on any atom is -0.336 e. The predicted octanol–water partition coefficient (Wildman–Crippen LogP) is 3.84. The standard InChI is InChI=1S/C16H22Cl2N2O/c1-11(2)20(10-12-5-4-8-19-9-12)16(21)15-13(17)6-3-7-14(15)18/h3,6-7,11-12,19H,4-5,8-10H2,1-2H3. The molecule has 1 N–H and O–H groups in total. The number of carbonyl (C=O) groups is 1. The molecule has 1 saturated heterocycles. The lowest BCUT2D eigenvalue weighted by molar-refractivity contribution is 0.0661. The maximum Gasteiger partial charge on any atom is 0.257 e. The summed E-state index contributed by atoms with van der Waals surface area (Å²) in [6.07, 6.45) is 2.32. The van der Waals surface area contributed by atoms with Gasteiger partial charge in [-0.05, 0) is 57.8 Å². The Morgan fingerprint density at radius 1 is 1.38 bits per heavy atom. The second-order valence-corrected chi connectivity index (χ2v) is 6.67. The van der Waals surface area contributed by atoms with E-state index in [1.54, 1.807) is 18.2 Å². The molecule has 0 aromatic heterocycles. The summed E-state index contributed by atoms with van der Waals surface area (Å²) in [4.78, 5) is 14.7. The average Bonchev–Trinajstić information content (AvgIpc) is 2.45. The molecule has 0 saturated carbocycles. The van der Waals surface area contributed by atoms with Gasteiger partial charge in [-0.1, -0.05) is 29.3 Å². The Bertz CT molecular complexity index is 479. The number of halogens is 2. The van der Waals surface area contributed by atoms with Crippen molar-refractivity contribution in [2.45, 2.75) is 32.7 Å². The summed E-state index contributed by atoms with van der Waals surface area (Å²) in [5, 5.41) is 4.22. The molecule has 21 heavy (non-hydrogen) atoms. The van der Waals surface area contributed by atoms with E-state index in [4.69, 9.17) is 23.2 Å². The molecule has 5 heteroatoms. The number of carbonyl (C=O) groups excluding carboxylic acids is 1. The van der Waals surface area contributed by atoms with Crippen LogP contribution in [0.2, 0.25) is 10.0 Å². The summed E-state index contributed by atoms with van der Waals surface area (Å²) in [5.41, 5.74) is 0.415. The van der Waals surface area contributed by atoms with E-state index < -0.39 is 0 Å². The van der Waals surface area contributed by atoms with Crippen molar-refractivity contribution in [2.75, 3.05) is 19.6 Å². The molecule has 1 unspecified atom stereocenters. The Hall–Kier alpha value is -0.770. The van der Waals surface area contributed by atoms with Crippen molar-refractivity contribution in [2.24, 2.45) is 5.92 Å². The van der Waals surface area contributed by atoms with Crippen molar-refractivity contribution in [1.29, 1.82) is 0 Å². The molecular formula is C16H22Cl2N2O. The van der Waals surface area contributed by atoms with Gasteiger partial charge in [0.25, 0.3) is 5.91 Å². The molecule has 0 radical (unpaired) electrons. The van der Waals surface area contributed by atoms with E-state index in [9.17, 15) is 4.79 Å². The Balaban J connectivity index is 2.19. The summed E-state index contributed by atoms with van der Waals surface area (Å²) in [5.74, 6) is 0.414. The maximum atomic E-state index is 12.8. The van der Waals surface area contributed by atoms with Crippen molar-refractivity contribution >= 4 is 29.1 Å². The van der Waals surface area contributed by atoms with E-state index in [0.29, 0.717) is 21.5 Å². The average molecular weight is 329 g/mol. The number of benzene rings is 1. The molecule has 2 rings (SSSR count). The number of hydrogen-bond acceptors (Lipinski definition) is 2. The molecule has 1 fully saturated rings. The highest BCUT2D eigenvalue weighted by atomic mass is 35.5. The molecule has 1 heterocycles. The first-order chi connectivity index (χ1) is 10.0. The molecule has 0 spiro atoms.